The van der Waals surface area contributed by atoms with E-state index in [2.05, 4.69) is 26.1 Å². The van der Waals surface area contributed by atoms with Crippen LogP contribution in [0.5, 0.6) is 5.75 Å². The van der Waals surface area contributed by atoms with Crippen LogP contribution in [-0.4, -0.2) is 24.1 Å². The van der Waals surface area contributed by atoms with Gasteiger partial charge in [-0.05, 0) is 43.9 Å². The van der Waals surface area contributed by atoms with Crippen molar-refractivity contribution >= 4 is 5.91 Å². The van der Waals surface area contributed by atoms with Crippen LogP contribution in [0.4, 0.5) is 0 Å². The van der Waals surface area contributed by atoms with Gasteiger partial charge in [0.2, 0.25) is 0 Å². The van der Waals surface area contributed by atoms with Crippen molar-refractivity contribution < 1.29 is 9.53 Å². The summed E-state index contributed by atoms with van der Waals surface area (Å²) in [6.07, 6.45) is -0.548. The van der Waals surface area contributed by atoms with Gasteiger partial charge < -0.3 is 15.8 Å². The predicted molar refractivity (Wildman–Crippen MR) is 86.5 cm³/mol. The van der Waals surface area contributed by atoms with Crippen molar-refractivity contribution in [1.29, 1.82) is 0 Å². The smallest absolute Gasteiger partial charge is 0.260 e. The van der Waals surface area contributed by atoms with Crippen LogP contribution in [0.3, 0.4) is 0 Å². The lowest BCUT2D eigenvalue weighted by molar-refractivity contribution is -0.127. The average molecular weight is 292 g/mol. The Morgan fingerprint density at radius 2 is 1.71 bits per heavy atom. The molecular formula is C17H28N2O2. The van der Waals surface area contributed by atoms with Gasteiger partial charge in [0.25, 0.3) is 5.91 Å². The summed E-state index contributed by atoms with van der Waals surface area (Å²) in [6.45, 7) is 12.4. The summed E-state index contributed by atoms with van der Waals surface area (Å²) in [6, 6.07) is 7.86. The molecule has 21 heavy (non-hydrogen) atoms. The fraction of sp³-hybridized carbons (Fsp3) is 0.588. The number of benzene rings is 1. The minimum absolute atomic E-state index is 0.105. The molecule has 0 spiro atoms. The molecule has 0 bridgehead atoms. The van der Waals surface area contributed by atoms with Crippen LogP contribution >= 0.6 is 0 Å². The maximum Gasteiger partial charge on any atom is 0.260 e. The van der Waals surface area contributed by atoms with Crippen LogP contribution in [0.1, 0.15) is 47.1 Å². The SMILES string of the molecule is CC(Oc1ccc(C(C)(C)C)cc1)C(=O)NCC(C)(C)N. The Hall–Kier alpha value is -1.55. The number of nitrogens with one attached hydrogen (secondary N) is 1. The molecule has 0 saturated carbocycles. The highest BCUT2D eigenvalue weighted by molar-refractivity contribution is 5.80. The van der Waals surface area contributed by atoms with E-state index < -0.39 is 11.6 Å². The summed E-state index contributed by atoms with van der Waals surface area (Å²) in [7, 11) is 0. The van der Waals surface area contributed by atoms with Gasteiger partial charge in [0.05, 0.1) is 0 Å². The summed E-state index contributed by atoms with van der Waals surface area (Å²) in [5.74, 6) is 0.533. The molecule has 0 saturated heterocycles. The van der Waals surface area contributed by atoms with Gasteiger partial charge in [0.1, 0.15) is 5.75 Å². The van der Waals surface area contributed by atoms with E-state index in [-0.39, 0.29) is 11.3 Å². The lowest BCUT2D eigenvalue weighted by atomic mass is 9.87. The number of ether oxygens (including phenoxy) is 1. The Bertz CT molecular complexity index is 467. The average Bonchev–Trinajstić information content (AvgIpc) is 2.34. The number of nitrogens with two attached hydrogens (primary N) is 1. The molecule has 0 heterocycles. The van der Waals surface area contributed by atoms with E-state index in [4.69, 9.17) is 10.5 Å². The second kappa shape index (κ2) is 6.48. The molecule has 0 aliphatic rings. The van der Waals surface area contributed by atoms with E-state index in [9.17, 15) is 4.79 Å². The number of hydrogen-bond acceptors (Lipinski definition) is 3. The summed E-state index contributed by atoms with van der Waals surface area (Å²) < 4.78 is 5.66. The zero-order valence-corrected chi connectivity index (χ0v) is 14.0. The predicted octanol–water partition coefficient (Wildman–Crippen LogP) is 2.60. The molecule has 4 heteroatoms. The van der Waals surface area contributed by atoms with Crippen molar-refractivity contribution in [3.8, 4) is 5.75 Å². The third-order valence-corrected chi connectivity index (χ3v) is 3.12. The van der Waals surface area contributed by atoms with Crippen molar-refractivity contribution in [2.24, 2.45) is 5.73 Å². The van der Waals surface area contributed by atoms with Crippen LogP contribution in [0, 0.1) is 0 Å². The van der Waals surface area contributed by atoms with Crippen LogP contribution in [0.2, 0.25) is 0 Å². The Morgan fingerprint density at radius 3 is 2.14 bits per heavy atom. The van der Waals surface area contributed by atoms with E-state index in [1.165, 1.54) is 5.56 Å². The van der Waals surface area contributed by atoms with E-state index >= 15 is 0 Å². The first-order valence-electron chi connectivity index (χ1n) is 7.33. The zero-order chi connectivity index (χ0) is 16.3. The molecule has 1 unspecified atom stereocenters. The largest absolute Gasteiger partial charge is 0.481 e. The van der Waals surface area contributed by atoms with Gasteiger partial charge in [-0.15, -0.1) is 0 Å². The molecule has 0 aliphatic heterocycles. The minimum Gasteiger partial charge on any atom is -0.481 e. The van der Waals surface area contributed by atoms with Crippen molar-refractivity contribution in [2.75, 3.05) is 6.54 Å². The molecule has 0 aliphatic carbocycles. The van der Waals surface area contributed by atoms with Crippen LogP contribution in [0.25, 0.3) is 0 Å². The Balaban J connectivity index is 2.58. The van der Waals surface area contributed by atoms with Crippen LogP contribution in [-0.2, 0) is 10.2 Å². The van der Waals surface area contributed by atoms with Gasteiger partial charge in [-0.25, -0.2) is 0 Å². The molecule has 1 rings (SSSR count). The normalized spacial score (nSPS) is 13.7. The molecule has 1 amide bonds. The third-order valence-electron chi connectivity index (χ3n) is 3.12. The van der Waals surface area contributed by atoms with Gasteiger partial charge >= 0.3 is 0 Å². The highest BCUT2D eigenvalue weighted by Gasteiger charge is 2.18. The van der Waals surface area contributed by atoms with E-state index in [0.29, 0.717) is 12.3 Å². The van der Waals surface area contributed by atoms with Gasteiger partial charge in [0, 0.05) is 12.1 Å². The lowest BCUT2D eigenvalue weighted by Gasteiger charge is -2.22. The third kappa shape index (κ3) is 6.17. The quantitative estimate of drug-likeness (QED) is 0.877. The highest BCUT2D eigenvalue weighted by Crippen LogP contribution is 2.24. The molecule has 0 aromatic heterocycles. The molecule has 0 radical (unpaired) electrons. The number of rotatable bonds is 5. The van der Waals surface area contributed by atoms with Gasteiger partial charge in [-0.3, -0.25) is 4.79 Å². The van der Waals surface area contributed by atoms with Crippen molar-refractivity contribution in [3.05, 3.63) is 29.8 Å². The Labute approximate surface area is 128 Å². The first-order valence-corrected chi connectivity index (χ1v) is 7.33. The summed E-state index contributed by atoms with van der Waals surface area (Å²) >= 11 is 0. The molecule has 1 atom stereocenters. The number of carbonyl (C=O) groups is 1. The lowest BCUT2D eigenvalue weighted by Crippen LogP contribution is -2.48. The van der Waals surface area contributed by atoms with Crippen molar-refractivity contribution in [2.45, 2.75) is 58.6 Å². The molecule has 4 nitrogen and oxygen atoms in total. The first-order chi connectivity index (χ1) is 9.49. The van der Waals surface area contributed by atoms with Gasteiger partial charge in [0.15, 0.2) is 6.10 Å². The zero-order valence-electron chi connectivity index (χ0n) is 14.0. The number of carbonyl (C=O) groups excluding carboxylic acids is 1. The topological polar surface area (TPSA) is 64.3 Å². The summed E-state index contributed by atoms with van der Waals surface area (Å²) in [5, 5.41) is 2.79. The highest BCUT2D eigenvalue weighted by atomic mass is 16.5. The standard InChI is InChI=1S/C17H28N2O2/c1-12(15(20)19-11-17(5,6)18)21-14-9-7-13(8-10-14)16(2,3)4/h7-10,12H,11,18H2,1-6H3,(H,19,20). The maximum atomic E-state index is 11.9. The number of amides is 1. The maximum absolute atomic E-state index is 11.9. The summed E-state index contributed by atoms with van der Waals surface area (Å²) in [4.78, 5) is 11.9. The fourth-order valence-electron chi connectivity index (χ4n) is 1.75. The second-order valence-electron chi connectivity index (χ2n) is 7.24. The van der Waals surface area contributed by atoms with Gasteiger partial charge in [-0.1, -0.05) is 32.9 Å². The monoisotopic (exact) mass is 292 g/mol. The Morgan fingerprint density at radius 1 is 1.19 bits per heavy atom. The molecular weight excluding hydrogens is 264 g/mol. The fourth-order valence-corrected chi connectivity index (χ4v) is 1.75. The van der Waals surface area contributed by atoms with Gasteiger partial charge in [-0.2, -0.15) is 0 Å². The van der Waals surface area contributed by atoms with E-state index in [0.717, 1.165) is 0 Å². The van der Waals surface area contributed by atoms with Crippen LogP contribution < -0.4 is 15.8 Å². The van der Waals surface area contributed by atoms with Crippen molar-refractivity contribution in [1.82, 2.24) is 5.32 Å². The molecule has 0 fully saturated rings. The van der Waals surface area contributed by atoms with E-state index in [1.54, 1.807) is 6.92 Å². The number of hydrogen-bond donors (Lipinski definition) is 2. The Kier molecular flexibility index (Phi) is 5.40. The molecule has 118 valence electrons. The molecule has 1 aromatic carbocycles. The second-order valence-corrected chi connectivity index (χ2v) is 7.24. The molecule has 1 aromatic rings. The minimum atomic E-state index is -0.548. The van der Waals surface area contributed by atoms with E-state index in [1.807, 2.05) is 38.1 Å². The molecule has 3 N–H and O–H groups in total. The first kappa shape index (κ1) is 17.5. The van der Waals surface area contributed by atoms with Crippen LogP contribution in [0.15, 0.2) is 24.3 Å². The summed E-state index contributed by atoms with van der Waals surface area (Å²) in [5.41, 5.74) is 6.75. The van der Waals surface area contributed by atoms with Crippen molar-refractivity contribution in [3.63, 3.8) is 0 Å².